The van der Waals surface area contributed by atoms with Crippen LogP contribution in [0.2, 0.25) is 0 Å². The van der Waals surface area contributed by atoms with E-state index in [1.807, 2.05) is 6.20 Å². The Morgan fingerprint density at radius 1 is 1.14 bits per heavy atom. The van der Waals surface area contributed by atoms with Crippen LogP contribution in [0.5, 0.6) is 0 Å². The van der Waals surface area contributed by atoms with Gasteiger partial charge in [-0.3, -0.25) is 4.98 Å². The molecule has 3 heteroatoms. The molecule has 3 nitrogen and oxygen atoms in total. The molecule has 112 valence electrons. The van der Waals surface area contributed by atoms with Gasteiger partial charge in [-0.25, -0.2) is 0 Å². The van der Waals surface area contributed by atoms with Crippen LogP contribution in [0, 0.1) is 6.92 Å². The second-order valence-electron chi connectivity index (χ2n) is 5.29. The molecule has 2 aromatic rings. The Hall–Kier alpha value is -1.87. The van der Waals surface area contributed by atoms with E-state index in [0.717, 1.165) is 31.9 Å². The van der Waals surface area contributed by atoms with E-state index in [1.165, 1.54) is 16.8 Å². The van der Waals surface area contributed by atoms with Crippen LogP contribution in [0.3, 0.4) is 0 Å². The minimum Gasteiger partial charge on any atom is -0.366 e. The maximum atomic E-state index is 4.59. The molecule has 0 atom stereocenters. The van der Waals surface area contributed by atoms with Crippen molar-refractivity contribution in [3.63, 3.8) is 0 Å². The molecule has 0 saturated heterocycles. The Kier molecular flexibility index (Phi) is 5.76. The Bertz CT molecular complexity index is 549. The van der Waals surface area contributed by atoms with Crippen LogP contribution >= 0.6 is 0 Å². The van der Waals surface area contributed by atoms with E-state index >= 15 is 0 Å². The summed E-state index contributed by atoms with van der Waals surface area (Å²) in [5, 5.41) is 3.32. The largest absolute Gasteiger partial charge is 0.366 e. The standard InChI is InChI=1S/C18H25N3/c1-4-19-12-16-9-10-17(20-13-16)14-21(5-2)18-8-6-7-15(3)11-18/h6-11,13,19H,4-5,12,14H2,1-3H3. The molecule has 0 fully saturated rings. The topological polar surface area (TPSA) is 28.2 Å². The number of pyridine rings is 1. The van der Waals surface area contributed by atoms with Gasteiger partial charge in [-0.2, -0.15) is 0 Å². The zero-order chi connectivity index (χ0) is 15.1. The van der Waals surface area contributed by atoms with Crippen molar-refractivity contribution in [2.75, 3.05) is 18.0 Å². The van der Waals surface area contributed by atoms with Crippen molar-refractivity contribution in [2.45, 2.75) is 33.9 Å². The highest BCUT2D eigenvalue weighted by Gasteiger charge is 2.06. The molecule has 0 amide bonds. The number of rotatable bonds is 7. The van der Waals surface area contributed by atoms with Crippen LogP contribution in [-0.4, -0.2) is 18.1 Å². The minimum atomic E-state index is 0.849. The summed E-state index contributed by atoms with van der Waals surface area (Å²) in [6.45, 7) is 10.1. The second-order valence-corrected chi connectivity index (χ2v) is 5.29. The number of benzene rings is 1. The molecule has 2 rings (SSSR count). The van der Waals surface area contributed by atoms with Gasteiger partial charge in [0.15, 0.2) is 0 Å². The third-order valence-corrected chi connectivity index (χ3v) is 3.57. The number of nitrogens with zero attached hydrogens (tertiary/aromatic N) is 2. The summed E-state index contributed by atoms with van der Waals surface area (Å²) in [7, 11) is 0. The van der Waals surface area contributed by atoms with Gasteiger partial charge in [-0.1, -0.05) is 25.1 Å². The van der Waals surface area contributed by atoms with Crippen molar-refractivity contribution in [1.82, 2.24) is 10.3 Å². The smallest absolute Gasteiger partial charge is 0.0601 e. The van der Waals surface area contributed by atoms with Crippen LogP contribution in [0.15, 0.2) is 42.6 Å². The highest BCUT2D eigenvalue weighted by atomic mass is 15.1. The van der Waals surface area contributed by atoms with Crippen LogP contribution < -0.4 is 10.2 Å². The predicted molar refractivity (Wildman–Crippen MR) is 89.5 cm³/mol. The SMILES string of the molecule is CCNCc1ccc(CN(CC)c2cccc(C)c2)nc1. The third-order valence-electron chi connectivity index (χ3n) is 3.57. The summed E-state index contributed by atoms with van der Waals surface area (Å²) < 4.78 is 0. The van der Waals surface area contributed by atoms with Crippen LogP contribution in [0.25, 0.3) is 0 Å². The quantitative estimate of drug-likeness (QED) is 0.842. The van der Waals surface area contributed by atoms with E-state index < -0.39 is 0 Å². The first-order chi connectivity index (χ1) is 10.2. The zero-order valence-electron chi connectivity index (χ0n) is 13.3. The zero-order valence-corrected chi connectivity index (χ0v) is 13.3. The lowest BCUT2D eigenvalue weighted by Crippen LogP contribution is -2.22. The fourth-order valence-electron chi connectivity index (χ4n) is 2.33. The van der Waals surface area contributed by atoms with Gasteiger partial charge in [-0.15, -0.1) is 0 Å². The number of hydrogen-bond acceptors (Lipinski definition) is 3. The van der Waals surface area contributed by atoms with E-state index in [4.69, 9.17) is 0 Å². The molecule has 0 spiro atoms. The average Bonchev–Trinajstić information content (AvgIpc) is 2.51. The summed E-state index contributed by atoms with van der Waals surface area (Å²) >= 11 is 0. The lowest BCUT2D eigenvalue weighted by atomic mass is 10.2. The second kappa shape index (κ2) is 7.79. The molecule has 0 aliphatic rings. The molecule has 0 radical (unpaired) electrons. The van der Waals surface area contributed by atoms with Crippen LogP contribution in [-0.2, 0) is 13.1 Å². The molecule has 1 N–H and O–H groups in total. The normalized spacial score (nSPS) is 10.6. The van der Waals surface area contributed by atoms with Gasteiger partial charge >= 0.3 is 0 Å². The number of anilines is 1. The maximum absolute atomic E-state index is 4.59. The Morgan fingerprint density at radius 3 is 2.62 bits per heavy atom. The van der Waals surface area contributed by atoms with Gasteiger partial charge in [0, 0.05) is 25.0 Å². The first kappa shape index (κ1) is 15.5. The van der Waals surface area contributed by atoms with E-state index in [2.05, 4.69) is 72.4 Å². The molecule has 0 saturated carbocycles. The average molecular weight is 283 g/mol. The molecule has 1 heterocycles. The lowest BCUT2D eigenvalue weighted by molar-refractivity contribution is 0.721. The van der Waals surface area contributed by atoms with Gasteiger partial charge < -0.3 is 10.2 Å². The van der Waals surface area contributed by atoms with E-state index in [9.17, 15) is 0 Å². The van der Waals surface area contributed by atoms with Gasteiger partial charge in [-0.05, 0) is 49.7 Å². The number of hydrogen-bond donors (Lipinski definition) is 1. The van der Waals surface area contributed by atoms with E-state index in [0.29, 0.717) is 0 Å². The van der Waals surface area contributed by atoms with Crippen molar-refractivity contribution < 1.29 is 0 Å². The van der Waals surface area contributed by atoms with Gasteiger partial charge in [0.2, 0.25) is 0 Å². The first-order valence-corrected chi connectivity index (χ1v) is 7.69. The van der Waals surface area contributed by atoms with E-state index in [-0.39, 0.29) is 0 Å². The molecule has 1 aromatic heterocycles. The Morgan fingerprint density at radius 2 is 2.00 bits per heavy atom. The van der Waals surface area contributed by atoms with Crippen LogP contribution in [0.4, 0.5) is 5.69 Å². The number of aryl methyl sites for hydroxylation is 1. The molecule has 0 bridgehead atoms. The molecule has 0 aliphatic heterocycles. The maximum Gasteiger partial charge on any atom is 0.0601 e. The molecular weight excluding hydrogens is 258 g/mol. The highest BCUT2D eigenvalue weighted by molar-refractivity contribution is 5.48. The van der Waals surface area contributed by atoms with Crippen LogP contribution in [0.1, 0.15) is 30.7 Å². The van der Waals surface area contributed by atoms with Crippen molar-refractivity contribution in [3.05, 3.63) is 59.4 Å². The first-order valence-electron chi connectivity index (χ1n) is 7.69. The van der Waals surface area contributed by atoms with Gasteiger partial charge in [0.1, 0.15) is 0 Å². The molecule has 0 aliphatic carbocycles. The van der Waals surface area contributed by atoms with Crippen molar-refractivity contribution in [1.29, 1.82) is 0 Å². The number of aromatic nitrogens is 1. The fraction of sp³-hybridized carbons (Fsp3) is 0.389. The molecular formula is C18H25N3. The number of nitrogens with one attached hydrogen (secondary N) is 1. The minimum absolute atomic E-state index is 0.849. The third kappa shape index (κ3) is 4.57. The lowest BCUT2D eigenvalue weighted by Gasteiger charge is -2.23. The van der Waals surface area contributed by atoms with Crippen molar-refractivity contribution >= 4 is 5.69 Å². The van der Waals surface area contributed by atoms with Gasteiger partial charge in [0.25, 0.3) is 0 Å². The summed E-state index contributed by atoms with van der Waals surface area (Å²) in [6.07, 6.45) is 1.97. The highest BCUT2D eigenvalue weighted by Crippen LogP contribution is 2.17. The summed E-state index contributed by atoms with van der Waals surface area (Å²) in [5.74, 6) is 0. The molecule has 1 aromatic carbocycles. The summed E-state index contributed by atoms with van der Waals surface area (Å²) in [4.78, 5) is 6.93. The molecule has 21 heavy (non-hydrogen) atoms. The fourth-order valence-corrected chi connectivity index (χ4v) is 2.33. The Balaban J connectivity index is 2.04. The summed E-state index contributed by atoms with van der Waals surface area (Å²) in [6, 6.07) is 12.9. The summed E-state index contributed by atoms with van der Waals surface area (Å²) in [5.41, 5.74) is 4.90. The monoisotopic (exact) mass is 283 g/mol. The van der Waals surface area contributed by atoms with Crippen molar-refractivity contribution in [3.8, 4) is 0 Å². The van der Waals surface area contributed by atoms with E-state index in [1.54, 1.807) is 0 Å². The van der Waals surface area contributed by atoms with Gasteiger partial charge in [0.05, 0.1) is 12.2 Å². The Labute approximate surface area is 128 Å². The predicted octanol–water partition coefficient (Wildman–Crippen LogP) is 3.53. The van der Waals surface area contributed by atoms with Crippen molar-refractivity contribution in [2.24, 2.45) is 0 Å². The molecule has 0 unspecified atom stereocenters.